The molecule has 112 valence electrons. The van der Waals surface area contributed by atoms with E-state index in [0.717, 1.165) is 17.7 Å². The molecule has 0 radical (unpaired) electrons. The first-order valence-electron chi connectivity index (χ1n) is 6.61. The maximum absolute atomic E-state index is 13.6. The number of halogens is 1. The Balaban J connectivity index is 1.76. The number of nitrogens with zero attached hydrogens (tertiary/aromatic N) is 2. The molecule has 0 spiro atoms. The first-order valence-corrected chi connectivity index (χ1v) is 6.61. The number of phenolic OH excluding ortho intramolecular Hbond substituents is 1. The highest BCUT2D eigenvalue weighted by Crippen LogP contribution is 2.17. The number of aromatic amines is 1. The van der Waals surface area contributed by atoms with E-state index < -0.39 is 11.4 Å². The van der Waals surface area contributed by atoms with Crippen LogP contribution in [0.3, 0.4) is 0 Å². The van der Waals surface area contributed by atoms with E-state index in [2.05, 4.69) is 15.1 Å². The van der Waals surface area contributed by atoms with Gasteiger partial charge in [0.25, 0.3) is 0 Å². The lowest BCUT2D eigenvalue weighted by Crippen LogP contribution is -2.07. The van der Waals surface area contributed by atoms with E-state index in [1.54, 1.807) is 18.2 Å². The molecule has 0 aliphatic rings. The Kier molecular flexibility index (Phi) is 3.69. The fraction of sp³-hybridized carbons (Fsp3) is 0.133. The van der Waals surface area contributed by atoms with Gasteiger partial charge in [-0.05, 0) is 30.2 Å². The van der Waals surface area contributed by atoms with Crippen LogP contribution in [0.15, 0.2) is 45.7 Å². The molecule has 0 aliphatic heterocycles. The van der Waals surface area contributed by atoms with Crippen LogP contribution in [-0.2, 0) is 12.8 Å². The van der Waals surface area contributed by atoms with Gasteiger partial charge in [0.1, 0.15) is 11.4 Å². The molecule has 0 fully saturated rings. The van der Waals surface area contributed by atoms with Gasteiger partial charge < -0.3 is 14.6 Å². The largest absolute Gasteiger partial charge is 0.508 e. The van der Waals surface area contributed by atoms with Crippen LogP contribution in [0.4, 0.5) is 4.39 Å². The third-order valence-electron chi connectivity index (χ3n) is 3.10. The second kappa shape index (κ2) is 5.80. The van der Waals surface area contributed by atoms with Gasteiger partial charge >= 0.3 is 0 Å². The standard InChI is InChI=1S/C15H12FN3O3/c16-11-5-6-12(21)17-14(11)15-18-13(22-19-15)7-4-9-2-1-3-10(20)8-9/h1-3,5-6,8,20H,4,7H2,(H,17,21). The lowest BCUT2D eigenvalue weighted by atomic mass is 10.1. The molecule has 22 heavy (non-hydrogen) atoms. The Labute approximate surface area is 124 Å². The van der Waals surface area contributed by atoms with Crippen molar-refractivity contribution in [2.45, 2.75) is 12.8 Å². The maximum atomic E-state index is 13.6. The number of rotatable bonds is 4. The molecule has 0 atom stereocenters. The zero-order valence-corrected chi connectivity index (χ0v) is 11.4. The van der Waals surface area contributed by atoms with Gasteiger partial charge in [-0.15, -0.1) is 0 Å². The van der Waals surface area contributed by atoms with Crippen molar-refractivity contribution in [2.75, 3.05) is 0 Å². The van der Waals surface area contributed by atoms with Crippen molar-refractivity contribution in [2.24, 2.45) is 0 Å². The van der Waals surface area contributed by atoms with Crippen LogP contribution in [0.2, 0.25) is 0 Å². The molecular weight excluding hydrogens is 289 g/mol. The lowest BCUT2D eigenvalue weighted by Gasteiger charge is -1.98. The average Bonchev–Trinajstić information content (AvgIpc) is 2.96. The molecule has 0 amide bonds. The number of hydrogen-bond acceptors (Lipinski definition) is 5. The fourth-order valence-electron chi connectivity index (χ4n) is 2.04. The summed E-state index contributed by atoms with van der Waals surface area (Å²) >= 11 is 0. The molecular formula is C15H12FN3O3. The second-order valence-electron chi connectivity index (χ2n) is 4.73. The number of aryl methyl sites for hydroxylation is 2. The highest BCUT2D eigenvalue weighted by molar-refractivity contribution is 5.48. The Morgan fingerprint density at radius 1 is 1.23 bits per heavy atom. The molecule has 6 nitrogen and oxygen atoms in total. The zero-order valence-electron chi connectivity index (χ0n) is 11.4. The van der Waals surface area contributed by atoms with Crippen LogP contribution >= 0.6 is 0 Å². The number of aromatic hydroxyl groups is 1. The molecule has 0 saturated carbocycles. The topological polar surface area (TPSA) is 92.0 Å². The quantitative estimate of drug-likeness (QED) is 0.769. The van der Waals surface area contributed by atoms with Crippen molar-refractivity contribution < 1.29 is 14.0 Å². The van der Waals surface area contributed by atoms with Gasteiger partial charge in [-0.1, -0.05) is 17.3 Å². The van der Waals surface area contributed by atoms with Crippen molar-refractivity contribution in [1.29, 1.82) is 0 Å². The van der Waals surface area contributed by atoms with Crippen LogP contribution in [0.25, 0.3) is 11.5 Å². The summed E-state index contributed by atoms with van der Waals surface area (Å²) in [6.07, 6.45) is 1.03. The molecule has 0 aliphatic carbocycles. The van der Waals surface area contributed by atoms with Crippen LogP contribution in [0, 0.1) is 5.82 Å². The lowest BCUT2D eigenvalue weighted by molar-refractivity contribution is 0.378. The second-order valence-corrected chi connectivity index (χ2v) is 4.73. The SMILES string of the molecule is O=c1ccc(F)c(-c2noc(CCc3cccc(O)c3)n2)[nH]1. The molecule has 0 bridgehead atoms. The number of H-pyrrole nitrogens is 1. The van der Waals surface area contributed by atoms with E-state index in [0.29, 0.717) is 18.7 Å². The summed E-state index contributed by atoms with van der Waals surface area (Å²) in [5.74, 6) is -0.115. The summed E-state index contributed by atoms with van der Waals surface area (Å²) in [5, 5.41) is 13.1. The summed E-state index contributed by atoms with van der Waals surface area (Å²) in [5.41, 5.74) is 0.376. The summed E-state index contributed by atoms with van der Waals surface area (Å²) < 4.78 is 18.7. The number of aromatic nitrogens is 3. The molecule has 3 rings (SSSR count). The predicted octanol–water partition coefficient (Wildman–Crippen LogP) is 2.05. The summed E-state index contributed by atoms with van der Waals surface area (Å²) in [6, 6.07) is 8.98. The molecule has 2 heterocycles. The predicted molar refractivity (Wildman–Crippen MR) is 75.8 cm³/mol. The Morgan fingerprint density at radius 2 is 2.09 bits per heavy atom. The van der Waals surface area contributed by atoms with E-state index in [-0.39, 0.29) is 17.3 Å². The van der Waals surface area contributed by atoms with Gasteiger partial charge in [-0.25, -0.2) is 4.39 Å². The maximum Gasteiger partial charge on any atom is 0.248 e. The molecule has 3 aromatic rings. The van der Waals surface area contributed by atoms with E-state index >= 15 is 0 Å². The molecule has 0 unspecified atom stereocenters. The Morgan fingerprint density at radius 3 is 2.91 bits per heavy atom. The van der Waals surface area contributed by atoms with Crippen molar-refractivity contribution >= 4 is 0 Å². The van der Waals surface area contributed by atoms with E-state index in [9.17, 15) is 14.3 Å². The third kappa shape index (κ3) is 3.03. The first-order chi connectivity index (χ1) is 10.6. The highest BCUT2D eigenvalue weighted by Gasteiger charge is 2.13. The summed E-state index contributed by atoms with van der Waals surface area (Å²) in [4.78, 5) is 17.6. The minimum atomic E-state index is -0.625. The monoisotopic (exact) mass is 301 g/mol. The third-order valence-corrected chi connectivity index (χ3v) is 3.10. The molecule has 2 aromatic heterocycles. The van der Waals surface area contributed by atoms with Crippen LogP contribution < -0.4 is 5.56 Å². The number of phenols is 1. The summed E-state index contributed by atoms with van der Waals surface area (Å²) in [7, 11) is 0. The van der Waals surface area contributed by atoms with Gasteiger partial charge in [0.2, 0.25) is 17.3 Å². The van der Waals surface area contributed by atoms with Gasteiger partial charge in [-0.3, -0.25) is 4.79 Å². The fourth-order valence-corrected chi connectivity index (χ4v) is 2.04. The number of benzene rings is 1. The van der Waals surface area contributed by atoms with E-state index in [1.165, 1.54) is 0 Å². The van der Waals surface area contributed by atoms with Crippen LogP contribution in [-0.4, -0.2) is 20.2 Å². The minimum Gasteiger partial charge on any atom is -0.508 e. The minimum absolute atomic E-state index is 0.00103. The van der Waals surface area contributed by atoms with Gasteiger partial charge in [0.15, 0.2) is 5.82 Å². The molecule has 7 heteroatoms. The number of pyridine rings is 1. The molecule has 2 N–H and O–H groups in total. The smallest absolute Gasteiger partial charge is 0.248 e. The van der Waals surface area contributed by atoms with Crippen LogP contribution in [0.1, 0.15) is 11.5 Å². The van der Waals surface area contributed by atoms with Crippen molar-refractivity contribution in [3.63, 3.8) is 0 Å². The Hall–Kier alpha value is -2.96. The van der Waals surface area contributed by atoms with Gasteiger partial charge in [0.05, 0.1) is 0 Å². The number of nitrogens with one attached hydrogen (secondary N) is 1. The molecule has 0 saturated heterocycles. The highest BCUT2D eigenvalue weighted by atomic mass is 19.1. The Bertz CT molecular complexity index is 857. The normalized spacial score (nSPS) is 10.8. The van der Waals surface area contributed by atoms with Gasteiger partial charge in [0, 0.05) is 12.5 Å². The van der Waals surface area contributed by atoms with Crippen molar-refractivity contribution in [3.05, 3.63) is 64.0 Å². The van der Waals surface area contributed by atoms with Gasteiger partial charge in [-0.2, -0.15) is 4.98 Å². The van der Waals surface area contributed by atoms with Crippen molar-refractivity contribution in [1.82, 2.24) is 15.1 Å². The first kappa shape index (κ1) is 14.0. The summed E-state index contributed by atoms with van der Waals surface area (Å²) in [6.45, 7) is 0. The van der Waals surface area contributed by atoms with E-state index in [4.69, 9.17) is 4.52 Å². The van der Waals surface area contributed by atoms with Crippen LogP contribution in [0.5, 0.6) is 5.75 Å². The number of hydrogen-bond donors (Lipinski definition) is 2. The average molecular weight is 301 g/mol. The molecule has 1 aromatic carbocycles. The zero-order chi connectivity index (χ0) is 15.5. The van der Waals surface area contributed by atoms with E-state index in [1.807, 2.05) is 6.07 Å². The van der Waals surface area contributed by atoms with Crippen molar-refractivity contribution in [3.8, 4) is 17.3 Å².